The van der Waals surface area contributed by atoms with Crippen molar-refractivity contribution in [2.45, 2.75) is 0 Å². The average Bonchev–Trinajstić information content (AvgIpc) is 2.71. The van der Waals surface area contributed by atoms with Crippen molar-refractivity contribution in [3.05, 3.63) is 35.2 Å². The number of nitrogens with one attached hydrogen (secondary N) is 1. The van der Waals surface area contributed by atoms with Gasteiger partial charge in [-0.15, -0.1) is 0 Å². The highest BCUT2D eigenvalue weighted by Crippen LogP contribution is 2.33. The average molecular weight is 253 g/mol. The number of hydrogen-bond donors (Lipinski definition) is 1. The van der Waals surface area contributed by atoms with Crippen LogP contribution in [0.15, 0.2) is 35.2 Å². The highest BCUT2D eigenvalue weighted by atomic mass is 79.9. The topological polar surface area (TPSA) is 37.9 Å². The number of H-pyrrole nitrogens is 1. The summed E-state index contributed by atoms with van der Waals surface area (Å²) < 4.78 is 6.14. The van der Waals surface area contributed by atoms with Gasteiger partial charge in [0.1, 0.15) is 5.75 Å². The van der Waals surface area contributed by atoms with Crippen LogP contribution >= 0.6 is 15.9 Å². The predicted octanol–water partition coefficient (Wildman–Crippen LogP) is 2.85. The maximum Gasteiger partial charge on any atom is 0.133 e. The van der Waals surface area contributed by atoms with Crippen LogP contribution in [-0.4, -0.2) is 17.1 Å². The van der Waals surface area contributed by atoms with Crippen molar-refractivity contribution in [3.63, 3.8) is 0 Å². The van der Waals surface area contributed by atoms with Crippen LogP contribution in [-0.2, 0) is 0 Å². The summed E-state index contributed by atoms with van der Waals surface area (Å²) >= 11 is 3.49. The molecule has 72 valence electrons. The molecule has 0 unspecified atom stereocenters. The van der Waals surface area contributed by atoms with E-state index in [4.69, 9.17) is 4.74 Å². The SMILES string of the molecule is COc1cccc(-c2cnc[nH]2)c1Br. The summed E-state index contributed by atoms with van der Waals surface area (Å²) in [6.45, 7) is 0. The van der Waals surface area contributed by atoms with Crippen LogP contribution in [0.4, 0.5) is 0 Å². The van der Waals surface area contributed by atoms with Gasteiger partial charge in [0, 0.05) is 5.56 Å². The molecular weight excluding hydrogens is 244 g/mol. The van der Waals surface area contributed by atoms with Crippen molar-refractivity contribution in [3.8, 4) is 17.0 Å². The molecule has 0 saturated carbocycles. The third kappa shape index (κ3) is 1.53. The molecule has 1 aromatic carbocycles. The number of rotatable bonds is 2. The van der Waals surface area contributed by atoms with Crippen molar-refractivity contribution in [2.75, 3.05) is 7.11 Å². The van der Waals surface area contributed by atoms with Gasteiger partial charge in [-0.25, -0.2) is 4.98 Å². The molecule has 0 aliphatic heterocycles. The first-order valence-corrected chi connectivity index (χ1v) is 4.93. The zero-order valence-corrected chi connectivity index (χ0v) is 9.21. The Morgan fingerprint density at radius 3 is 2.93 bits per heavy atom. The Morgan fingerprint density at radius 2 is 2.29 bits per heavy atom. The normalized spacial score (nSPS) is 10.1. The molecule has 14 heavy (non-hydrogen) atoms. The molecule has 0 fully saturated rings. The van der Waals surface area contributed by atoms with Crippen LogP contribution in [0, 0.1) is 0 Å². The Labute approximate surface area is 90.3 Å². The molecule has 0 aliphatic rings. The van der Waals surface area contributed by atoms with E-state index in [2.05, 4.69) is 25.9 Å². The standard InChI is InChI=1S/C10H9BrN2O/c1-14-9-4-2-3-7(10(9)11)8-5-12-6-13-8/h2-6H,1H3,(H,12,13). The first kappa shape index (κ1) is 9.27. The molecule has 0 aliphatic carbocycles. The van der Waals surface area contributed by atoms with E-state index in [0.717, 1.165) is 21.5 Å². The molecule has 4 heteroatoms. The van der Waals surface area contributed by atoms with Gasteiger partial charge in [-0.1, -0.05) is 12.1 Å². The molecular formula is C10H9BrN2O. The van der Waals surface area contributed by atoms with Crippen LogP contribution in [0.5, 0.6) is 5.75 Å². The minimum atomic E-state index is 0.817. The Morgan fingerprint density at radius 1 is 1.43 bits per heavy atom. The fourth-order valence-corrected chi connectivity index (χ4v) is 1.92. The molecule has 0 spiro atoms. The molecule has 2 rings (SSSR count). The zero-order valence-electron chi connectivity index (χ0n) is 7.62. The second-order valence-corrected chi connectivity index (χ2v) is 3.58. The van der Waals surface area contributed by atoms with Crippen LogP contribution in [0.1, 0.15) is 0 Å². The van der Waals surface area contributed by atoms with Gasteiger partial charge >= 0.3 is 0 Å². The quantitative estimate of drug-likeness (QED) is 0.893. The molecule has 0 amide bonds. The summed E-state index contributed by atoms with van der Waals surface area (Å²) in [5.74, 6) is 0.817. The molecule has 0 atom stereocenters. The number of halogens is 1. The van der Waals surface area contributed by atoms with Crippen molar-refractivity contribution in [1.29, 1.82) is 0 Å². The molecule has 0 saturated heterocycles. The highest BCUT2D eigenvalue weighted by Gasteiger charge is 2.08. The van der Waals surface area contributed by atoms with Gasteiger partial charge in [0.05, 0.1) is 29.8 Å². The Bertz CT molecular complexity index is 426. The number of hydrogen-bond acceptors (Lipinski definition) is 2. The Hall–Kier alpha value is -1.29. The molecule has 2 aromatic rings. The van der Waals surface area contributed by atoms with E-state index >= 15 is 0 Å². The fourth-order valence-electron chi connectivity index (χ4n) is 1.28. The summed E-state index contributed by atoms with van der Waals surface area (Å²) in [5, 5.41) is 0. The molecule has 0 bridgehead atoms. The third-order valence-electron chi connectivity index (χ3n) is 1.97. The van der Waals surface area contributed by atoms with Crippen LogP contribution < -0.4 is 4.74 Å². The maximum absolute atomic E-state index is 5.20. The van der Waals surface area contributed by atoms with Crippen molar-refractivity contribution >= 4 is 15.9 Å². The first-order chi connectivity index (χ1) is 6.83. The summed E-state index contributed by atoms with van der Waals surface area (Å²) in [6.07, 6.45) is 3.43. The van der Waals surface area contributed by atoms with Crippen LogP contribution in [0.2, 0.25) is 0 Å². The van der Waals surface area contributed by atoms with E-state index < -0.39 is 0 Å². The number of aromatic nitrogens is 2. The molecule has 1 heterocycles. The van der Waals surface area contributed by atoms with Gasteiger partial charge < -0.3 is 9.72 Å². The van der Waals surface area contributed by atoms with Gasteiger partial charge in [-0.05, 0) is 22.0 Å². The monoisotopic (exact) mass is 252 g/mol. The van der Waals surface area contributed by atoms with E-state index in [9.17, 15) is 0 Å². The molecule has 0 radical (unpaired) electrons. The fraction of sp³-hybridized carbons (Fsp3) is 0.100. The number of nitrogens with zero attached hydrogens (tertiary/aromatic N) is 1. The summed E-state index contributed by atoms with van der Waals surface area (Å²) in [4.78, 5) is 7.03. The minimum Gasteiger partial charge on any atom is -0.496 e. The summed E-state index contributed by atoms with van der Waals surface area (Å²) in [7, 11) is 1.65. The van der Waals surface area contributed by atoms with Crippen LogP contribution in [0.3, 0.4) is 0 Å². The number of aromatic amines is 1. The van der Waals surface area contributed by atoms with E-state index in [0.29, 0.717) is 0 Å². The largest absolute Gasteiger partial charge is 0.496 e. The lowest BCUT2D eigenvalue weighted by molar-refractivity contribution is 0.412. The predicted molar refractivity (Wildman–Crippen MR) is 58.3 cm³/mol. The van der Waals surface area contributed by atoms with E-state index in [-0.39, 0.29) is 0 Å². The van der Waals surface area contributed by atoms with Crippen LogP contribution in [0.25, 0.3) is 11.3 Å². The van der Waals surface area contributed by atoms with E-state index in [1.54, 1.807) is 19.6 Å². The lowest BCUT2D eigenvalue weighted by Crippen LogP contribution is -1.86. The van der Waals surface area contributed by atoms with E-state index in [1.165, 1.54) is 0 Å². The number of ether oxygens (including phenoxy) is 1. The molecule has 1 N–H and O–H groups in total. The second kappa shape index (κ2) is 3.84. The third-order valence-corrected chi connectivity index (χ3v) is 2.79. The summed E-state index contributed by atoms with van der Waals surface area (Å²) in [5.41, 5.74) is 2.01. The van der Waals surface area contributed by atoms with Crippen molar-refractivity contribution in [1.82, 2.24) is 9.97 Å². The van der Waals surface area contributed by atoms with E-state index in [1.807, 2.05) is 18.2 Å². The number of methoxy groups -OCH3 is 1. The Balaban J connectivity index is 2.54. The lowest BCUT2D eigenvalue weighted by Gasteiger charge is -2.06. The van der Waals surface area contributed by atoms with Gasteiger partial charge in [-0.3, -0.25) is 0 Å². The smallest absolute Gasteiger partial charge is 0.133 e. The van der Waals surface area contributed by atoms with Crippen molar-refractivity contribution in [2.24, 2.45) is 0 Å². The Kier molecular flexibility index (Phi) is 2.54. The number of benzene rings is 1. The maximum atomic E-state index is 5.20. The minimum absolute atomic E-state index is 0.817. The van der Waals surface area contributed by atoms with Gasteiger partial charge in [0.15, 0.2) is 0 Å². The first-order valence-electron chi connectivity index (χ1n) is 4.14. The van der Waals surface area contributed by atoms with Gasteiger partial charge in [0.2, 0.25) is 0 Å². The molecule has 1 aromatic heterocycles. The lowest BCUT2D eigenvalue weighted by atomic mass is 10.1. The summed E-state index contributed by atoms with van der Waals surface area (Å²) in [6, 6.07) is 5.85. The number of imidazole rings is 1. The molecule has 3 nitrogen and oxygen atoms in total. The van der Waals surface area contributed by atoms with Gasteiger partial charge in [0.25, 0.3) is 0 Å². The van der Waals surface area contributed by atoms with Crippen molar-refractivity contribution < 1.29 is 4.74 Å². The zero-order chi connectivity index (χ0) is 9.97. The highest BCUT2D eigenvalue weighted by molar-refractivity contribution is 9.10. The van der Waals surface area contributed by atoms with Gasteiger partial charge in [-0.2, -0.15) is 0 Å². The second-order valence-electron chi connectivity index (χ2n) is 2.79.